The molecule has 0 saturated carbocycles. The van der Waals surface area contributed by atoms with Gasteiger partial charge in [0.15, 0.2) is 0 Å². The van der Waals surface area contributed by atoms with Crippen molar-refractivity contribution in [2.75, 3.05) is 0 Å². The van der Waals surface area contributed by atoms with Crippen LogP contribution in [0.25, 0.3) is 0 Å². The lowest BCUT2D eigenvalue weighted by atomic mass is 9.76. The van der Waals surface area contributed by atoms with Gasteiger partial charge in [0.25, 0.3) is 0 Å². The summed E-state index contributed by atoms with van der Waals surface area (Å²) >= 11 is 0. The van der Waals surface area contributed by atoms with Crippen molar-refractivity contribution in [2.45, 2.75) is 91.9 Å². The molecular weight excluding hydrogens is 423 g/mol. The Morgan fingerprint density at radius 1 is 0.719 bits per heavy atom. The number of hydrogen-bond acceptors (Lipinski definition) is 5. The van der Waals surface area contributed by atoms with Gasteiger partial charge in [-0.3, -0.25) is 0 Å². The maximum absolute atomic E-state index is 10.5. The largest absolute Gasteiger partial charge is 0.508 e. The Kier molecular flexibility index (Phi) is 9.74. The summed E-state index contributed by atoms with van der Waals surface area (Å²) in [6.07, 6.45) is 2.10. The molecule has 6 heteroatoms. The average Bonchev–Trinajstić information content (AvgIpc) is 2.58. The van der Waals surface area contributed by atoms with Crippen LogP contribution in [0.4, 0.5) is 0 Å². The fourth-order valence-corrected chi connectivity index (χ4v) is 4.14. The Balaban J connectivity index is 0.00000118. The van der Waals surface area contributed by atoms with Crippen LogP contribution < -0.4 is 0 Å². The first-order valence-electron chi connectivity index (χ1n) is 11.0. The van der Waals surface area contributed by atoms with Crippen molar-refractivity contribution < 1.29 is 24.9 Å². The second kappa shape index (κ2) is 11.0. The molecule has 0 unspecified atom stereocenters. The van der Waals surface area contributed by atoms with Crippen molar-refractivity contribution in [3.63, 3.8) is 0 Å². The van der Waals surface area contributed by atoms with E-state index in [1.807, 2.05) is 12.1 Å². The zero-order chi connectivity index (χ0) is 25.0. The summed E-state index contributed by atoms with van der Waals surface area (Å²) in [5.74, 6) is 0.997. The van der Waals surface area contributed by atoms with Gasteiger partial charge in [-0.2, -0.15) is 0 Å². The lowest BCUT2D eigenvalue weighted by molar-refractivity contribution is 0.368. The molecule has 5 N–H and O–H groups in total. The number of phenols is 2. The number of rotatable bonds is 4. The van der Waals surface area contributed by atoms with Gasteiger partial charge in [-0.15, -0.1) is 0 Å². The van der Waals surface area contributed by atoms with Crippen LogP contribution in [0.2, 0.25) is 0 Å². The molecule has 2 rings (SSSR count). The summed E-state index contributed by atoms with van der Waals surface area (Å²) in [7, 11) is -2.62. The van der Waals surface area contributed by atoms with Gasteiger partial charge in [0, 0.05) is 5.92 Å². The van der Waals surface area contributed by atoms with Crippen LogP contribution in [0, 0.1) is 13.8 Å². The molecule has 0 atom stereocenters. The molecule has 2 aromatic carbocycles. The molecule has 2 aromatic rings. The third kappa shape index (κ3) is 7.45. The van der Waals surface area contributed by atoms with Gasteiger partial charge in [-0.05, 0) is 76.6 Å². The van der Waals surface area contributed by atoms with Gasteiger partial charge in [0.2, 0.25) is 0 Å². The summed E-state index contributed by atoms with van der Waals surface area (Å²) < 4.78 is 0. The minimum absolute atomic E-state index is 0.121. The molecule has 0 radical (unpaired) electrons. The highest BCUT2D eigenvalue weighted by molar-refractivity contribution is 7.38. The van der Waals surface area contributed by atoms with E-state index in [0.717, 1.165) is 35.1 Å². The first-order valence-corrected chi connectivity index (χ1v) is 12.2. The standard InChI is InChI=1S/C26H38O2.H3O3P/c1-10-11-18(19-14-21(25(4,5)6)23(27)12-16(19)2)20-15-22(26(7,8)9)24(28)13-17(20)3;1-4(2)3/h12-15,18,27-28H,10-11H2,1-9H3;1-3H. The third-order valence-electron chi connectivity index (χ3n) is 5.71. The van der Waals surface area contributed by atoms with Crippen LogP contribution in [0.5, 0.6) is 11.5 Å². The van der Waals surface area contributed by atoms with Crippen LogP contribution in [0.3, 0.4) is 0 Å². The summed E-state index contributed by atoms with van der Waals surface area (Å²) in [5, 5.41) is 21.1. The van der Waals surface area contributed by atoms with Gasteiger partial charge in [0.05, 0.1) is 0 Å². The van der Waals surface area contributed by atoms with Crippen LogP contribution in [-0.2, 0) is 10.8 Å². The van der Waals surface area contributed by atoms with E-state index in [1.165, 1.54) is 11.1 Å². The molecule has 0 aliphatic rings. The molecule has 0 fully saturated rings. The Morgan fingerprint density at radius 3 is 1.28 bits per heavy atom. The predicted octanol–water partition coefficient (Wildman–Crippen LogP) is 6.43. The maximum Gasteiger partial charge on any atom is 0.324 e. The van der Waals surface area contributed by atoms with Crippen molar-refractivity contribution >= 4 is 8.60 Å². The van der Waals surface area contributed by atoms with E-state index in [2.05, 4.69) is 74.4 Å². The molecule has 5 nitrogen and oxygen atoms in total. The number of aryl methyl sites for hydroxylation is 2. The zero-order valence-corrected chi connectivity index (χ0v) is 21.9. The van der Waals surface area contributed by atoms with Gasteiger partial charge >= 0.3 is 8.60 Å². The fraction of sp³-hybridized carbons (Fsp3) is 0.538. The SMILES string of the molecule is CCCC(c1cc(C(C)(C)C)c(O)cc1C)c1cc(C(C)(C)C)c(O)cc1C.OP(O)O. The Bertz CT molecular complexity index is 836. The molecule has 0 saturated heterocycles. The van der Waals surface area contributed by atoms with Gasteiger partial charge in [0.1, 0.15) is 11.5 Å². The summed E-state index contributed by atoms with van der Waals surface area (Å²) in [6, 6.07) is 8.24. The number of phenolic OH excluding ortho intramolecular Hbond substituents is 2. The number of benzene rings is 2. The zero-order valence-electron chi connectivity index (χ0n) is 21.0. The quantitative estimate of drug-likeness (QED) is 0.336. The molecule has 0 aliphatic carbocycles. The van der Waals surface area contributed by atoms with Gasteiger partial charge < -0.3 is 24.9 Å². The fourth-order valence-electron chi connectivity index (χ4n) is 4.14. The van der Waals surface area contributed by atoms with Crippen molar-refractivity contribution in [3.05, 3.63) is 57.6 Å². The van der Waals surface area contributed by atoms with Gasteiger partial charge in [-0.1, -0.05) is 67.0 Å². The molecule has 0 aromatic heterocycles. The van der Waals surface area contributed by atoms with E-state index in [-0.39, 0.29) is 16.7 Å². The van der Waals surface area contributed by atoms with Crippen molar-refractivity contribution in [1.82, 2.24) is 0 Å². The Hall–Kier alpha value is -1.65. The molecule has 0 heterocycles. The maximum atomic E-state index is 10.5. The minimum Gasteiger partial charge on any atom is -0.508 e. The lowest BCUT2D eigenvalue weighted by Gasteiger charge is -2.29. The van der Waals surface area contributed by atoms with E-state index in [0.29, 0.717) is 11.5 Å². The molecule has 0 bridgehead atoms. The molecule has 32 heavy (non-hydrogen) atoms. The normalized spacial score (nSPS) is 12.2. The van der Waals surface area contributed by atoms with Crippen LogP contribution in [0.1, 0.15) is 101 Å². The first kappa shape index (κ1) is 28.4. The van der Waals surface area contributed by atoms with E-state index in [9.17, 15) is 10.2 Å². The van der Waals surface area contributed by atoms with E-state index in [1.54, 1.807) is 0 Å². The predicted molar refractivity (Wildman–Crippen MR) is 133 cm³/mol. The average molecular weight is 465 g/mol. The minimum atomic E-state index is -2.62. The van der Waals surface area contributed by atoms with Crippen LogP contribution in [-0.4, -0.2) is 24.9 Å². The summed E-state index contributed by atoms with van der Waals surface area (Å²) in [6.45, 7) is 19.2. The number of aromatic hydroxyl groups is 2. The topological polar surface area (TPSA) is 101 Å². The second-order valence-electron chi connectivity index (χ2n) is 10.6. The van der Waals surface area contributed by atoms with E-state index < -0.39 is 8.60 Å². The third-order valence-corrected chi connectivity index (χ3v) is 5.71. The Morgan fingerprint density at radius 2 is 1.03 bits per heavy atom. The van der Waals surface area contributed by atoms with Crippen LogP contribution >= 0.6 is 8.60 Å². The van der Waals surface area contributed by atoms with Crippen molar-refractivity contribution in [1.29, 1.82) is 0 Å². The van der Waals surface area contributed by atoms with E-state index in [4.69, 9.17) is 14.7 Å². The molecule has 0 amide bonds. The molecule has 180 valence electrons. The molecular formula is C26H41O5P. The summed E-state index contributed by atoms with van der Waals surface area (Å²) in [5.41, 5.74) is 6.52. The smallest absolute Gasteiger partial charge is 0.324 e. The Labute approximate surface area is 194 Å². The van der Waals surface area contributed by atoms with E-state index >= 15 is 0 Å². The van der Waals surface area contributed by atoms with Gasteiger partial charge in [-0.25, -0.2) is 0 Å². The highest BCUT2D eigenvalue weighted by atomic mass is 31.2. The monoisotopic (exact) mass is 464 g/mol. The summed E-state index contributed by atoms with van der Waals surface area (Å²) in [4.78, 5) is 21.7. The lowest BCUT2D eigenvalue weighted by Crippen LogP contribution is -2.16. The second-order valence-corrected chi connectivity index (χ2v) is 11.1. The number of hydrogen-bond donors (Lipinski definition) is 5. The molecule has 0 spiro atoms. The van der Waals surface area contributed by atoms with Crippen molar-refractivity contribution in [3.8, 4) is 11.5 Å². The van der Waals surface area contributed by atoms with Crippen molar-refractivity contribution in [2.24, 2.45) is 0 Å². The highest BCUT2D eigenvalue weighted by Gasteiger charge is 2.26. The van der Waals surface area contributed by atoms with Crippen LogP contribution in [0.15, 0.2) is 24.3 Å². The molecule has 0 aliphatic heterocycles. The highest BCUT2D eigenvalue weighted by Crippen LogP contribution is 2.42. The first-order chi connectivity index (χ1) is 14.5.